The van der Waals surface area contributed by atoms with Crippen molar-refractivity contribution >= 4 is 11.8 Å². The topological polar surface area (TPSA) is 63.0 Å². The van der Waals surface area contributed by atoms with Gasteiger partial charge in [-0.2, -0.15) is 0 Å². The molecule has 1 aromatic carbocycles. The normalized spacial score (nSPS) is 16.5. The zero-order valence-corrected chi connectivity index (χ0v) is 17.8. The summed E-state index contributed by atoms with van der Waals surface area (Å²) < 4.78 is 24.4. The van der Waals surface area contributed by atoms with Crippen molar-refractivity contribution in [2.24, 2.45) is 0 Å². The molecule has 1 saturated heterocycles. The van der Waals surface area contributed by atoms with Crippen molar-refractivity contribution in [2.75, 3.05) is 19.7 Å². The molecule has 0 N–H and O–H groups in total. The molecule has 7 heteroatoms. The van der Waals surface area contributed by atoms with E-state index in [0.717, 1.165) is 12.8 Å². The van der Waals surface area contributed by atoms with E-state index >= 15 is 0 Å². The smallest absolute Gasteiger partial charge is 0.254 e. The summed E-state index contributed by atoms with van der Waals surface area (Å²) in [6.45, 7) is 6.99. The van der Waals surface area contributed by atoms with Crippen LogP contribution in [0.2, 0.25) is 0 Å². The van der Waals surface area contributed by atoms with Crippen LogP contribution in [0.4, 0.5) is 4.39 Å². The minimum Gasteiger partial charge on any atom is -0.467 e. The second-order valence-electron chi connectivity index (χ2n) is 8.56. The van der Waals surface area contributed by atoms with Crippen molar-refractivity contribution in [3.63, 3.8) is 0 Å². The largest absolute Gasteiger partial charge is 0.467 e. The minimum absolute atomic E-state index is 0.0141. The van der Waals surface area contributed by atoms with Crippen molar-refractivity contribution in [1.29, 1.82) is 0 Å². The molecule has 2 aromatic rings. The summed E-state index contributed by atoms with van der Waals surface area (Å²) in [6.07, 6.45) is 3.44. The van der Waals surface area contributed by atoms with Crippen LogP contribution < -0.4 is 0 Å². The number of furan rings is 1. The van der Waals surface area contributed by atoms with Gasteiger partial charge in [-0.3, -0.25) is 9.59 Å². The lowest BCUT2D eigenvalue weighted by atomic mass is 10.0. The zero-order valence-electron chi connectivity index (χ0n) is 17.8. The molecule has 0 unspecified atom stereocenters. The monoisotopic (exact) mass is 416 g/mol. The molecular weight excluding hydrogens is 387 g/mol. The molecule has 1 aliphatic heterocycles. The Morgan fingerprint density at radius 2 is 1.90 bits per heavy atom. The Morgan fingerprint density at radius 3 is 2.47 bits per heavy atom. The fraction of sp³-hybridized carbons (Fsp3) is 0.478. The molecule has 6 nitrogen and oxygen atoms in total. The van der Waals surface area contributed by atoms with Gasteiger partial charge in [0.15, 0.2) is 0 Å². The molecule has 0 saturated carbocycles. The van der Waals surface area contributed by atoms with Gasteiger partial charge in [0.2, 0.25) is 5.91 Å². The van der Waals surface area contributed by atoms with Crippen molar-refractivity contribution in [3.8, 4) is 0 Å². The lowest BCUT2D eigenvalue weighted by Crippen LogP contribution is -2.51. The summed E-state index contributed by atoms with van der Waals surface area (Å²) in [7, 11) is 0. The highest BCUT2D eigenvalue weighted by atomic mass is 19.1. The first-order valence-corrected chi connectivity index (χ1v) is 10.2. The standard InChI is InChI=1S/C23H29FN2O4/c1-23(2,3)26(22(28)17-8-10-18(24)11-9-17)16-21(27)25(14-19-6-4-12-29-19)15-20-7-5-13-30-20/h4,6,8-12,20H,5,7,13-16H2,1-3H3/t20-/m0/s1. The maximum absolute atomic E-state index is 13.3. The number of amides is 2. The van der Waals surface area contributed by atoms with Crippen LogP contribution in [0.5, 0.6) is 0 Å². The molecule has 1 aromatic heterocycles. The predicted octanol–water partition coefficient (Wildman–Crippen LogP) is 3.87. The van der Waals surface area contributed by atoms with E-state index in [1.165, 1.54) is 29.2 Å². The van der Waals surface area contributed by atoms with E-state index in [0.29, 0.717) is 31.0 Å². The molecular formula is C23H29FN2O4. The maximum Gasteiger partial charge on any atom is 0.254 e. The summed E-state index contributed by atoms with van der Waals surface area (Å²) in [5.74, 6) is -0.238. The van der Waals surface area contributed by atoms with Gasteiger partial charge in [0.1, 0.15) is 18.1 Å². The Balaban J connectivity index is 1.78. The van der Waals surface area contributed by atoms with Crippen molar-refractivity contribution < 1.29 is 23.1 Å². The highest BCUT2D eigenvalue weighted by Crippen LogP contribution is 2.20. The fourth-order valence-corrected chi connectivity index (χ4v) is 3.48. The number of rotatable bonds is 7. The average Bonchev–Trinajstić information content (AvgIpc) is 3.39. The van der Waals surface area contributed by atoms with E-state index in [2.05, 4.69) is 0 Å². The lowest BCUT2D eigenvalue weighted by molar-refractivity contribution is -0.135. The Labute approximate surface area is 176 Å². The number of hydrogen-bond acceptors (Lipinski definition) is 4. The van der Waals surface area contributed by atoms with Crippen molar-refractivity contribution in [2.45, 2.75) is 51.8 Å². The van der Waals surface area contributed by atoms with Gasteiger partial charge in [-0.25, -0.2) is 4.39 Å². The number of benzene rings is 1. The number of carbonyl (C=O) groups excluding carboxylic acids is 2. The van der Waals surface area contributed by atoms with Crippen LogP contribution in [0.1, 0.15) is 49.7 Å². The Kier molecular flexibility index (Phi) is 6.92. The Bertz CT molecular complexity index is 837. The highest BCUT2D eigenvalue weighted by molar-refractivity contribution is 5.97. The molecule has 1 aliphatic rings. The lowest BCUT2D eigenvalue weighted by Gasteiger charge is -2.37. The third-order valence-corrected chi connectivity index (χ3v) is 5.17. The van der Waals surface area contributed by atoms with Gasteiger partial charge in [-0.1, -0.05) is 0 Å². The minimum atomic E-state index is -0.596. The van der Waals surface area contributed by atoms with Crippen LogP contribution in [0, 0.1) is 5.82 Å². The summed E-state index contributed by atoms with van der Waals surface area (Å²) in [5.41, 5.74) is -0.253. The number of nitrogens with zero attached hydrogens (tertiary/aromatic N) is 2. The molecule has 30 heavy (non-hydrogen) atoms. The molecule has 2 amide bonds. The molecule has 0 spiro atoms. The van der Waals surface area contributed by atoms with Crippen molar-refractivity contribution in [3.05, 3.63) is 59.8 Å². The second kappa shape index (κ2) is 9.43. The molecule has 0 bridgehead atoms. The van der Waals surface area contributed by atoms with E-state index in [4.69, 9.17) is 9.15 Å². The first-order chi connectivity index (χ1) is 14.2. The number of ether oxygens (including phenoxy) is 1. The van der Waals surface area contributed by atoms with Gasteiger partial charge in [-0.15, -0.1) is 0 Å². The second-order valence-corrected chi connectivity index (χ2v) is 8.56. The van der Waals surface area contributed by atoms with Gasteiger partial charge < -0.3 is 19.0 Å². The van der Waals surface area contributed by atoms with Gasteiger partial charge in [0.05, 0.1) is 18.9 Å². The number of carbonyl (C=O) groups is 2. The van der Waals surface area contributed by atoms with E-state index in [-0.39, 0.29) is 24.5 Å². The summed E-state index contributed by atoms with van der Waals surface area (Å²) in [5, 5.41) is 0. The average molecular weight is 416 g/mol. The first kappa shape index (κ1) is 22.0. The van der Waals surface area contributed by atoms with E-state index in [9.17, 15) is 14.0 Å². The molecule has 1 atom stereocenters. The molecule has 0 radical (unpaired) electrons. The molecule has 0 aliphatic carbocycles. The third-order valence-electron chi connectivity index (χ3n) is 5.17. The molecule has 162 valence electrons. The van der Waals surface area contributed by atoms with Gasteiger partial charge in [0.25, 0.3) is 5.91 Å². The zero-order chi connectivity index (χ0) is 21.7. The molecule has 3 rings (SSSR count). The van der Waals surface area contributed by atoms with E-state index < -0.39 is 11.4 Å². The Morgan fingerprint density at radius 1 is 1.17 bits per heavy atom. The summed E-state index contributed by atoms with van der Waals surface area (Å²) in [6, 6.07) is 8.97. The van der Waals surface area contributed by atoms with Gasteiger partial charge in [-0.05, 0) is 70.0 Å². The first-order valence-electron chi connectivity index (χ1n) is 10.2. The summed E-state index contributed by atoms with van der Waals surface area (Å²) in [4.78, 5) is 29.6. The quantitative estimate of drug-likeness (QED) is 0.688. The fourth-order valence-electron chi connectivity index (χ4n) is 3.48. The highest BCUT2D eigenvalue weighted by Gasteiger charge is 2.32. The number of halogens is 1. The third kappa shape index (κ3) is 5.69. The van der Waals surface area contributed by atoms with Crippen LogP contribution in [0.3, 0.4) is 0 Å². The van der Waals surface area contributed by atoms with Crippen LogP contribution in [0.15, 0.2) is 47.1 Å². The van der Waals surface area contributed by atoms with E-state index in [1.807, 2.05) is 26.8 Å². The number of hydrogen-bond donors (Lipinski definition) is 0. The maximum atomic E-state index is 13.3. The van der Waals surface area contributed by atoms with Gasteiger partial charge >= 0.3 is 0 Å². The molecule has 1 fully saturated rings. The van der Waals surface area contributed by atoms with Crippen LogP contribution >= 0.6 is 0 Å². The van der Waals surface area contributed by atoms with Crippen molar-refractivity contribution in [1.82, 2.24) is 9.80 Å². The van der Waals surface area contributed by atoms with E-state index in [1.54, 1.807) is 17.2 Å². The van der Waals surface area contributed by atoms with Crippen LogP contribution in [-0.4, -0.2) is 53.0 Å². The predicted molar refractivity (Wildman–Crippen MR) is 110 cm³/mol. The van der Waals surface area contributed by atoms with Crippen LogP contribution in [0.25, 0.3) is 0 Å². The van der Waals surface area contributed by atoms with Gasteiger partial charge in [0, 0.05) is 24.3 Å². The summed E-state index contributed by atoms with van der Waals surface area (Å²) >= 11 is 0. The van der Waals surface area contributed by atoms with Crippen LogP contribution in [-0.2, 0) is 16.1 Å². The SMILES string of the molecule is CC(C)(C)N(CC(=O)N(Cc1ccco1)C[C@@H]1CCCO1)C(=O)c1ccc(F)cc1. The molecule has 2 heterocycles. The Hall–Kier alpha value is -2.67.